The smallest absolute Gasteiger partial charge is 0.545 e. The fourth-order valence-corrected chi connectivity index (χ4v) is 8.34. The summed E-state index contributed by atoms with van der Waals surface area (Å²) in [6.45, 7) is 13.0. The van der Waals surface area contributed by atoms with Crippen LogP contribution in [0, 0.1) is 0 Å². The van der Waals surface area contributed by atoms with Crippen molar-refractivity contribution in [3.63, 3.8) is 0 Å². The minimum absolute atomic E-state index is 0. The molecule has 2 N–H and O–H groups in total. The molecule has 10 rings (SSSR count). The number of rotatable bonds is 8. The minimum Gasteiger partial charge on any atom is -0.545 e. The Hall–Kier alpha value is -8.01. The summed E-state index contributed by atoms with van der Waals surface area (Å²) >= 11 is 0. The van der Waals surface area contributed by atoms with Crippen LogP contribution in [-0.2, 0) is 58.1 Å². The van der Waals surface area contributed by atoms with Crippen LogP contribution in [0.1, 0.15) is 0 Å². The average molecular weight is 1090 g/mol. The van der Waals surface area contributed by atoms with E-state index >= 15 is 0 Å². The van der Waals surface area contributed by atoms with Crippen LogP contribution in [0.5, 0.6) is 11.5 Å². The first-order valence-corrected chi connectivity index (χ1v) is 21.2. The van der Waals surface area contributed by atoms with Gasteiger partial charge in [0.2, 0.25) is 0 Å². The summed E-state index contributed by atoms with van der Waals surface area (Å²) in [7, 11) is 0. The summed E-state index contributed by atoms with van der Waals surface area (Å²) in [6.07, 6.45) is 0. The van der Waals surface area contributed by atoms with Crippen molar-refractivity contribution in [3.05, 3.63) is 243 Å². The number of aromatic hydroxyl groups is 2. The zero-order valence-corrected chi connectivity index (χ0v) is 41.1. The van der Waals surface area contributed by atoms with Crippen molar-refractivity contribution in [1.82, 2.24) is 0 Å². The molecule has 0 fully saturated rings. The van der Waals surface area contributed by atoms with Gasteiger partial charge in [-0.15, -0.1) is 0 Å². The zero-order chi connectivity index (χ0) is 48.7. The van der Waals surface area contributed by atoms with Gasteiger partial charge in [-0.05, 0) is 33.4 Å². The Morgan fingerprint density at radius 1 is 0.243 bits per heavy atom. The molecule has 8 heteroatoms. The maximum Gasteiger partial charge on any atom is 3.00 e. The summed E-state index contributed by atoms with van der Waals surface area (Å²) in [5, 5.41) is 23.2. The largest absolute Gasteiger partial charge is 3.00 e. The molecule has 0 unspecified atom stereocenters. The van der Waals surface area contributed by atoms with Crippen molar-refractivity contribution < 1.29 is 68.3 Å². The molecular weight excluding hydrogens is 1040 g/mol. The Morgan fingerprint density at radius 2 is 0.414 bits per heavy atom. The quantitative estimate of drug-likeness (QED) is 0.0891. The Kier molecular flexibility index (Phi) is 23.9. The van der Waals surface area contributed by atoms with Crippen LogP contribution in [0.4, 0.5) is 0 Å². The second-order valence-electron chi connectivity index (χ2n) is 14.6. The van der Waals surface area contributed by atoms with Gasteiger partial charge in [0.15, 0.2) is 0 Å². The second kappa shape index (κ2) is 29.7. The maximum absolute atomic E-state index is 11.6. The zero-order valence-electron chi connectivity index (χ0n) is 37.6. The molecule has 0 atom stereocenters. The Labute approximate surface area is 435 Å². The summed E-state index contributed by atoms with van der Waals surface area (Å²) in [6, 6.07) is 82.0. The van der Waals surface area contributed by atoms with Crippen molar-refractivity contribution in [1.29, 1.82) is 0 Å². The number of carbonyl (C=O) groups excluding carboxylic acids is 4. The Balaban J connectivity index is 0.000000317. The molecule has 0 aliphatic rings. The van der Waals surface area contributed by atoms with Crippen molar-refractivity contribution in [3.8, 4) is 101 Å². The van der Waals surface area contributed by atoms with E-state index in [9.17, 15) is 10.2 Å². The van der Waals surface area contributed by atoms with E-state index in [-0.39, 0.29) is 39.0 Å². The van der Waals surface area contributed by atoms with Crippen molar-refractivity contribution in [2.75, 3.05) is 0 Å². The average Bonchev–Trinajstić information content (AvgIpc) is 3.93. The van der Waals surface area contributed by atoms with E-state index < -0.39 is 0 Å². The van der Waals surface area contributed by atoms with Crippen LogP contribution < -0.4 is 0 Å². The normalized spacial score (nSPS) is 9.49. The summed E-state index contributed by atoms with van der Waals surface area (Å²) in [5.74, 6) is 0.648. The van der Waals surface area contributed by atoms with E-state index in [0.29, 0.717) is 11.5 Å². The van der Waals surface area contributed by atoms with Crippen LogP contribution in [-0.4, -0.2) is 37.4 Å². The number of hydrogen-bond donors (Lipinski definition) is 2. The van der Waals surface area contributed by atoms with Gasteiger partial charge in [0.05, 0.1) is 11.5 Å². The van der Waals surface area contributed by atoms with E-state index in [2.05, 4.69) is 124 Å². The van der Waals surface area contributed by atoms with Gasteiger partial charge in [-0.25, -0.2) is 0 Å². The third-order valence-electron chi connectivity index (χ3n) is 10.9. The Morgan fingerprint density at radius 3 is 0.629 bits per heavy atom. The van der Waals surface area contributed by atoms with Gasteiger partial charge in [0.25, 0.3) is 0 Å². The van der Waals surface area contributed by atoms with Gasteiger partial charge >= 0.3 is 39.0 Å². The third-order valence-corrected chi connectivity index (χ3v) is 10.9. The van der Waals surface area contributed by atoms with Crippen molar-refractivity contribution >= 4 is 27.2 Å². The van der Waals surface area contributed by atoms with Gasteiger partial charge in [-0.3, -0.25) is 27.2 Å². The van der Waals surface area contributed by atoms with Gasteiger partial charge in [0, 0.05) is 0 Å². The van der Waals surface area contributed by atoms with Gasteiger partial charge in [-0.1, -0.05) is 298 Å². The van der Waals surface area contributed by atoms with E-state index in [1.165, 1.54) is 0 Å². The third kappa shape index (κ3) is 12.7. The maximum atomic E-state index is 11.6. The van der Waals surface area contributed by atoms with Gasteiger partial charge in [-0.2, -0.15) is 0 Å². The molecule has 0 saturated heterocycles. The first-order valence-electron chi connectivity index (χ1n) is 21.2. The second-order valence-corrected chi connectivity index (χ2v) is 14.6. The fourth-order valence-electron chi connectivity index (χ4n) is 8.34. The molecule has 0 aliphatic carbocycles. The summed E-state index contributed by atoms with van der Waals surface area (Å²) in [5.41, 5.74) is 16.1. The predicted octanol–water partition coefficient (Wildman–Crippen LogP) is 14.5. The first-order chi connectivity index (χ1) is 33.7. The van der Waals surface area contributed by atoms with Crippen LogP contribution in [0.3, 0.4) is 0 Å². The molecule has 10 aromatic rings. The predicted molar refractivity (Wildman–Crippen MR) is 278 cm³/mol. The van der Waals surface area contributed by atoms with Crippen LogP contribution in [0.25, 0.3) is 89.0 Å². The molecule has 346 valence electrons. The molecule has 2 radical (unpaired) electrons. The molecule has 70 heavy (non-hydrogen) atoms. The molecule has 0 amide bonds. The molecule has 0 bridgehead atoms. The molecule has 0 saturated carbocycles. The molecule has 0 aliphatic heterocycles. The number of benzene rings is 8. The molecule has 0 heterocycles. The molecule has 10 aromatic carbocycles. The molecular formula is C62H46O6Ru2. The Bertz CT molecular complexity index is 2600. The van der Waals surface area contributed by atoms with E-state index in [4.69, 9.17) is 19.2 Å². The van der Waals surface area contributed by atoms with Gasteiger partial charge in [0.1, 0.15) is 0 Å². The fraction of sp³-hybridized carbons (Fsp3) is 0. The molecule has 6 nitrogen and oxygen atoms in total. The van der Waals surface area contributed by atoms with Crippen molar-refractivity contribution in [2.24, 2.45) is 0 Å². The standard InChI is InChI=1S/2C29H21O.4CHO.2Ru/c2*30-29-27(23-17-9-3-10-18-23)25(21-13-5-1-6-14-21)26(22-15-7-2-8-16-22)28(29)24-19-11-4-12-20-24;4*1-2;;/h2*1-20,30H;4*1H;;/q6*-1;2*+3. The topological polar surface area (TPSA) is 109 Å². The van der Waals surface area contributed by atoms with Crippen LogP contribution in [0.15, 0.2) is 243 Å². The summed E-state index contributed by atoms with van der Waals surface area (Å²) < 4.78 is 0. The van der Waals surface area contributed by atoms with E-state index in [1.807, 2.05) is 146 Å². The first kappa shape index (κ1) is 56.3. The van der Waals surface area contributed by atoms with E-state index in [1.54, 1.807) is 0 Å². The number of hydrogen-bond acceptors (Lipinski definition) is 6. The van der Waals surface area contributed by atoms with Crippen molar-refractivity contribution in [2.45, 2.75) is 0 Å². The summed E-state index contributed by atoms with van der Waals surface area (Å²) in [4.78, 5) is 31.0. The van der Waals surface area contributed by atoms with Gasteiger partial charge < -0.3 is 29.4 Å². The monoisotopic (exact) mass is 1090 g/mol. The molecule has 0 spiro atoms. The SMILES string of the molecule is Oc1c(-c2ccccc2)c(-c2ccccc2)[c-](-c2ccccc2)c1-c1ccccc1.Oc1c(-c2ccccc2)c(-c2ccccc2)[c-](-c2ccccc2)c1-c1ccccc1.[CH-]=O.[CH-]=O.[CH-]=O.[CH-]=O.[Ru+3].[Ru+3]. The van der Waals surface area contributed by atoms with E-state index in [0.717, 1.165) is 89.0 Å². The molecule has 0 aromatic heterocycles. The minimum atomic E-state index is 0. The van der Waals surface area contributed by atoms with Crippen LogP contribution >= 0.6 is 0 Å². The van der Waals surface area contributed by atoms with Crippen LogP contribution in [0.2, 0.25) is 0 Å².